The molecule has 1 aliphatic rings. The van der Waals surface area contributed by atoms with Crippen molar-refractivity contribution in [1.29, 1.82) is 0 Å². The normalized spacial score (nSPS) is 21.9. The molecule has 0 radical (unpaired) electrons. The van der Waals surface area contributed by atoms with Crippen molar-refractivity contribution in [1.82, 2.24) is 5.32 Å². The Morgan fingerprint density at radius 1 is 1.44 bits per heavy atom. The standard InChI is InChI=1S/C14H23NO2S/c1-4-6-12(13-7-5-8-18-13)15-11-9-16-14(2,3)17-10-11/h5,7-8,11-12,15H,4,6,9-10H2,1-3H3. The Bertz CT molecular complexity index is 341. The molecule has 4 heteroatoms. The lowest BCUT2D eigenvalue weighted by Gasteiger charge is -2.36. The van der Waals surface area contributed by atoms with Gasteiger partial charge in [-0.2, -0.15) is 0 Å². The zero-order valence-corrected chi connectivity index (χ0v) is 12.3. The Balaban J connectivity index is 1.90. The first-order valence-electron chi connectivity index (χ1n) is 6.68. The second-order valence-corrected chi connectivity index (χ2v) is 6.22. The van der Waals surface area contributed by atoms with E-state index in [1.165, 1.54) is 11.3 Å². The number of thiophene rings is 1. The summed E-state index contributed by atoms with van der Waals surface area (Å²) in [5.74, 6) is -0.429. The zero-order chi connectivity index (χ0) is 13.0. The highest BCUT2D eigenvalue weighted by Gasteiger charge is 2.29. The van der Waals surface area contributed by atoms with Gasteiger partial charge in [0.1, 0.15) is 0 Å². The van der Waals surface area contributed by atoms with E-state index in [0.29, 0.717) is 6.04 Å². The van der Waals surface area contributed by atoms with Crippen molar-refractivity contribution in [2.45, 2.75) is 51.5 Å². The quantitative estimate of drug-likeness (QED) is 0.889. The van der Waals surface area contributed by atoms with Crippen LogP contribution in [0.25, 0.3) is 0 Å². The Labute approximate surface area is 113 Å². The number of nitrogens with one attached hydrogen (secondary N) is 1. The van der Waals surface area contributed by atoms with E-state index in [9.17, 15) is 0 Å². The Morgan fingerprint density at radius 3 is 2.72 bits per heavy atom. The molecule has 1 aromatic heterocycles. The van der Waals surface area contributed by atoms with Crippen molar-refractivity contribution in [3.63, 3.8) is 0 Å². The molecule has 1 saturated heterocycles. The minimum absolute atomic E-state index is 0.289. The minimum Gasteiger partial charge on any atom is -0.349 e. The molecule has 0 bridgehead atoms. The topological polar surface area (TPSA) is 30.5 Å². The molecule has 2 rings (SSSR count). The van der Waals surface area contributed by atoms with Crippen LogP contribution in [-0.4, -0.2) is 25.0 Å². The van der Waals surface area contributed by atoms with Crippen molar-refractivity contribution in [3.8, 4) is 0 Å². The van der Waals surface area contributed by atoms with Crippen LogP contribution in [0.5, 0.6) is 0 Å². The highest BCUT2D eigenvalue weighted by molar-refractivity contribution is 7.10. The first kappa shape index (κ1) is 14.0. The molecule has 0 amide bonds. The van der Waals surface area contributed by atoms with Gasteiger partial charge in [-0.05, 0) is 31.7 Å². The van der Waals surface area contributed by atoms with Crippen LogP contribution in [0.2, 0.25) is 0 Å². The van der Waals surface area contributed by atoms with E-state index in [0.717, 1.165) is 19.6 Å². The molecular formula is C14H23NO2S. The number of hydrogen-bond acceptors (Lipinski definition) is 4. The van der Waals surface area contributed by atoms with Crippen molar-refractivity contribution in [2.24, 2.45) is 0 Å². The van der Waals surface area contributed by atoms with E-state index in [1.54, 1.807) is 0 Å². The molecule has 0 aliphatic carbocycles. The molecule has 3 nitrogen and oxygen atoms in total. The molecule has 2 heterocycles. The molecule has 1 aliphatic heterocycles. The van der Waals surface area contributed by atoms with E-state index in [-0.39, 0.29) is 6.04 Å². The smallest absolute Gasteiger partial charge is 0.162 e. The monoisotopic (exact) mass is 269 g/mol. The first-order valence-corrected chi connectivity index (χ1v) is 7.56. The van der Waals surface area contributed by atoms with Gasteiger partial charge in [-0.1, -0.05) is 19.4 Å². The van der Waals surface area contributed by atoms with E-state index in [2.05, 4.69) is 29.8 Å². The maximum absolute atomic E-state index is 5.69. The minimum atomic E-state index is -0.429. The third kappa shape index (κ3) is 3.79. The Kier molecular flexibility index (Phi) is 4.78. The molecule has 1 atom stereocenters. The van der Waals surface area contributed by atoms with Crippen molar-refractivity contribution < 1.29 is 9.47 Å². The second kappa shape index (κ2) is 6.15. The van der Waals surface area contributed by atoms with Gasteiger partial charge in [0.05, 0.1) is 19.3 Å². The SMILES string of the molecule is CCCC(NC1COC(C)(C)OC1)c1cccs1. The molecule has 1 fully saturated rings. The van der Waals surface area contributed by atoms with Crippen LogP contribution in [0, 0.1) is 0 Å². The van der Waals surface area contributed by atoms with Gasteiger partial charge in [0.25, 0.3) is 0 Å². The predicted octanol–water partition coefficient (Wildman–Crippen LogP) is 3.33. The molecule has 0 aromatic carbocycles. The van der Waals surface area contributed by atoms with E-state index in [1.807, 2.05) is 25.2 Å². The van der Waals surface area contributed by atoms with Gasteiger partial charge < -0.3 is 14.8 Å². The summed E-state index contributed by atoms with van der Waals surface area (Å²) in [5, 5.41) is 5.79. The van der Waals surface area contributed by atoms with Crippen LogP contribution in [0.4, 0.5) is 0 Å². The molecule has 102 valence electrons. The summed E-state index contributed by atoms with van der Waals surface area (Å²) in [6, 6.07) is 5.03. The summed E-state index contributed by atoms with van der Waals surface area (Å²) in [7, 11) is 0. The molecule has 18 heavy (non-hydrogen) atoms. The average molecular weight is 269 g/mol. The van der Waals surface area contributed by atoms with Gasteiger partial charge in [-0.15, -0.1) is 11.3 Å². The number of ether oxygens (including phenoxy) is 2. The maximum Gasteiger partial charge on any atom is 0.162 e. The molecule has 1 unspecified atom stereocenters. The lowest BCUT2D eigenvalue weighted by Crippen LogP contribution is -2.49. The lowest BCUT2D eigenvalue weighted by molar-refractivity contribution is -0.253. The van der Waals surface area contributed by atoms with E-state index < -0.39 is 5.79 Å². The third-order valence-corrected chi connectivity index (χ3v) is 4.15. The van der Waals surface area contributed by atoms with Crippen LogP contribution < -0.4 is 5.32 Å². The fraction of sp³-hybridized carbons (Fsp3) is 0.714. The lowest BCUT2D eigenvalue weighted by atomic mass is 10.1. The van der Waals surface area contributed by atoms with Crippen molar-refractivity contribution in [3.05, 3.63) is 22.4 Å². The predicted molar refractivity (Wildman–Crippen MR) is 74.9 cm³/mol. The van der Waals surface area contributed by atoms with Crippen LogP contribution in [0.15, 0.2) is 17.5 Å². The Morgan fingerprint density at radius 2 is 2.17 bits per heavy atom. The summed E-state index contributed by atoms with van der Waals surface area (Å²) in [5.41, 5.74) is 0. The molecular weight excluding hydrogens is 246 g/mol. The van der Waals surface area contributed by atoms with Gasteiger partial charge >= 0.3 is 0 Å². The van der Waals surface area contributed by atoms with Gasteiger partial charge in [0, 0.05) is 10.9 Å². The summed E-state index contributed by atoms with van der Waals surface area (Å²) in [6.45, 7) is 7.59. The van der Waals surface area contributed by atoms with E-state index in [4.69, 9.17) is 9.47 Å². The van der Waals surface area contributed by atoms with Crippen molar-refractivity contribution in [2.75, 3.05) is 13.2 Å². The molecule has 1 aromatic rings. The highest BCUT2D eigenvalue weighted by atomic mass is 32.1. The van der Waals surface area contributed by atoms with Crippen LogP contribution in [-0.2, 0) is 9.47 Å². The van der Waals surface area contributed by atoms with E-state index >= 15 is 0 Å². The Hall–Kier alpha value is -0.420. The number of rotatable bonds is 5. The molecule has 0 spiro atoms. The molecule has 0 saturated carbocycles. The zero-order valence-electron chi connectivity index (χ0n) is 11.4. The van der Waals surface area contributed by atoms with Crippen LogP contribution >= 0.6 is 11.3 Å². The summed E-state index contributed by atoms with van der Waals surface area (Å²) in [6.07, 6.45) is 2.33. The van der Waals surface area contributed by atoms with Crippen LogP contribution in [0.3, 0.4) is 0 Å². The van der Waals surface area contributed by atoms with Gasteiger partial charge in [0.15, 0.2) is 5.79 Å². The second-order valence-electron chi connectivity index (χ2n) is 5.24. The maximum atomic E-state index is 5.69. The summed E-state index contributed by atoms with van der Waals surface area (Å²) in [4.78, 5) is 1.40. The summed E-state index contributed by atoms with van der Waals surface area (Å²) >= 11 is 1.82. The average Bonchev–Trinajstić information content (AvgIpc) is 2.84. The number of hydrogen-bond donors (Lipinski definition) is 1. The van der Waals surface area contributed by atoms with Crippen molar-refractivity contribution >= 4 is 11.3 Å². The van der Waals surface area contributed by atoms with Gasteiger partial charge in [-0.25, -0.2) is 0 Å². The van der Waals surface area contributed by atoms with Gasteiger partial charge in [-0.3, -0.25) is 0 Å². The fourth-order valence-electron chi connectivity index (χ4n) is 2.16. The third-order valence-electron chi connectivity index (χ3n) is 3.17. The highest BCUT2D eigenvalue weighted by Crippen LogP contribution is 2.25. The fourth-order valence-corrected chi connectivity index (χ4v) is 2.98. The first-order chi connectivity index (χ1) is 8.61. The largest absolute Gasteiger partial charge is 0.349 e. The summed E-state index contributed by atoms with van der Waals surface area (Å²) < 4.78 is 11.4. The van der Waals surface area contributed by atoms with Gasteiger partial charge in [0.2, 0.25) is 0 Å². The van der Waals surface area contributed by atoms with Crippen LogP contribution in [0.1, 0.15) is 44.5 Å². The molecule has 1 N–H and O–H groups in total.